The van der Waals surface area contributed by atoms with E-state index in [9.17, 15) is 0 Å². The molecule has 0 aromatic heterocycles. The Kier molecular flexibility index (Phi) is 6.93. The van der Waals surface area contributed by atoms with Gasteiger partial charge < -0.3 is 5.16 Å². The first-order chi connectivity index (χ1) is 7.56. The van der Waals surface area contributed by atoms with Gasteiger partial charge in [-0.25, -0.2) is 4.44 Å². The van der Waals surface area contributed by atoms with Crippen LogP contribution in [0.25, 0.3) is 0 Å². The van der Waals surface area contributed by atoms with Crippen LogP contribution in [0.15, 0.2) is 0 Å². The molecule has 0 aliphatic heterocycles. The molecule has 0 aromatic carbocycles. The second kappa shape index (κ2) is 6.69. The van der Waals surface area contributed by atoms with Crippen LogP contribution in [0.4, 0.5) is 0 Å². The Morgan fingerprint density at radius 2 is 1.12 bits per heavy atom. The zero-order valence-electron chi connectivity index (χ0n) is 13.2. The highest BCUT2D eigenvalue weighted by Gasteiger charge is 2.36. The van der Waals surface area contributed by atoms with E-state index in [1.807, 2.05) is 0 Å². The van der Waals surface area contributed by atoms with E-state index >= 15 is 0 Å². The van der Waals surface area contributed by atoms with Crippen LogP contribution >= 0.6 is 15.3 Å². The summed E-state index contributed by atoms with van der Waals surface area (Å²) in [6, 6.07) is 0. The first kappa shape index (κ1) is 17.6. The van der Waals surface area contributed by atoms with Crippen LogP contribution < -0.4 is 0 Å². The smallest absolute Gasteiger partial charge is 0.0368 e. The molecule has 0 aromatic rings. The molecule has 17 heavy (non-hydrogen) atoms. The predicted molar refractivity (Wildman–Crippen MR) is 84.9 cm³/mol. The second-order valence-electron chi connectivity index (χ2n) is 5.98. The van der Waals surface area contributed by atoms with Crippen molar-refractivity contribution in [1.82, 2.24) is 4.44 Å². The van der Waals surface area contributed by atoms with E-state index in [4.69, 9.17) is 5.16 Å². The van der Waals surface area contributed by atoms with Crippen molar-refractivity contribution in [2.24, 2.45) is 0 Å². The standard InChI is InChI=1S/C13H32N2P2/c1-10(2)16(11(3)4)15(9)17(14,12(5)6)13(7)8/h10-14H,1-9H3. The number of rotatable bonds is 6. The van der Waals surface area contributed by atoms with Crippen LogP contribution in [0.2, 0.25) is 0 Å². The van der Waals surface area contributed by atoms with Gasteiger partial charge in [-0.1, -0.05) is 55.4 Å². The van der Waals surface area contributed by atoms with Crippen LogP contribution in [0.1, 0.15) is 55.4 Å². The Bertz CT molecular complexity index is 253. The molecule has 0 aliphatic rings. The molecule has 0 saturated heterocycles. The largest absolute Gasteiger partial charge is 0.302 e. The molecule has 0 saturated carbocycles. The topological polar surface area (TPSA) is 27.1 Å². The van der Waals surface area contributed by atoms with E-state index in [0.717, 1.165) is 0 Å². The summed E-state index contributed by atoms with van der Waals surface area (Å²) in [5.41, 5.74) is 2.29. The van der Waals surface area contributed by atoms with Crippen molar-refractivity contribution in [3.63, 3.8) is 0 Å². The van der Waals surface area contributed by atoms with Gasteiger partial charge in [0.1, 0.15) is 0 Å². The lowest BCUT2D eigenvalue weighted by Gasteiger charge is -2.46. The van der Waals surface area contributed by atoms with Crippen molar-refractivity contribution < 1.29 is 0 Å². The summed E-state index contributed by atoms with van der Waals surface area (Å²) in [5.74, 6) is 0. The Hall–Kier alpha value is 0.620. The summed E-state index contributed by atoms with van der Waals surface area (Å²) in [6.45, 7) is 18.2. The molecule has 0 amide bonds. The Labute approximate surface area is 110 Å². The highest BCUT2D eigenvalue weighted by molar-refractivity contribution is 7.75. The van der Waals surface area contributed by atoms with Crippen LogP contribution in [-0.2, 0) is 0 Å². The average molecular weight is 278 g/mol. The summed E-state index contributed by atoms with van der Waals surface area (Å²) >= 11 is 0. The average Bonchev–Trinajstić information content (AvgIpc) is 2.14. The van der Waals surface area contributed by atoms with Gasteiger partial charge in [0.15, 0.2) is 0 Å². The molecule has 0 radical (unpaired) electrons. The summed E-state index contributed by atoms with van der Waals surface area (Å²) in [5, 5.41) is 9.01. The molecule has 2 nitrogen and oxygen atoms in total. The lowest BCUT2D eigenvalue weighted by atomic mass is 10.5. The Balaban J connectivity index is 5.35. The van der Waals surface area contributed by atoms with Gasteiger partial charge in [-0.15, -0.1) is 0 Å². The third-order valence-electron chi connectivity index (χ3n) is 3.45. The maximum atomic E-state index is 9.01. The molecule has 0 rings (SSSR count). The van der Waals surface area contributed by atoms with E-state index in [2.05, 4.69) is 66.9 Å². The van der Waals surface area contributed by atoms with Gasteiger partial charge in [0.25, 0.3) is 0 Å². The monoisotopic (exact) mass is 278 g/mol. The summed E-state index contributed by atoms with van der Waals surface area (Å²) in [4.78, 5) is 0. The number of hydrogen-bond acceptors (Lipinski definition) is 1. The first-order valence-corrected chi connectivity index (χ1v) is 10.0. The van der Waals surface area contributed by atoms with Crippen molar-refractivity contribution in [2.75, 3.05) is 7.05 Å². The summed E-state index contributed by atoms with van der Waals surface area (Å²) < 4.78 is 2.49. The van der Waals surface area contributed by atoms with Gasteiger partial charge in [-0.2, -0.15) is 0 Å². The second-order valence-corrected chi connectivity index (χ2v) is 13.9. The molecule has 1 N–H and O–H groups in total. The molecule has 0 fully saturated rings. The quantitative estimate of drug-likeness (QED) is 0.625. The van der Waals surface area contributed by atoms with E-state index in [-0.39, 0.29) is 8.07 Å². The van der Waals surface area contributed by atoms with Gasteiger partial charge in [0, 0.05) is 18.5 Å². The summed E-state index contributed by atoms with van der Waals surface area (Å²) in [6.07, 6.45) is 0. The molecule has 0 spiro atoms. The van der Waals surface area contributed by atoms with Gasteiger partial charge in [0.2, 0.25) is 0 Å². The fourth-order valence-corrected chi connectivity index (χ4v) is 11.6. The van der Waals surface area contributed by atoms with Crippen LogP contribution in [0.3, 0.4) is 0 Å². The lowest BCUT2D eigenvalue weighted by molar-refractivity contribution is 0.761. The van der Waals surface area contributed by atoms with E-state index in [0.29, 0.717) is 22.6 Å². The Morgan fingerprint density at radius 1 is 0.824 bits per heavy atom. The molecular weight excluding hydrogens is 246 g/mol. The fraction of sp³-hybridized carbons (Fsp3) is 1.00. The maximum absolute atomic E-state index is 9.01. The molecule has 0 heterocycles. The summed E-state index contributed by atoms with van der Waals surface area (Å²) in [7, 11) is 0.261. The van der Waals surface area contributed by atoms with Gasteiger partial charge in [-0.05, 0) is 26.4 Å². The molecule has 0 unspecified atom stereocenters. The van der Waals surface area contributed by atoms with E-state index in [1.54, 1.807) is 0 Å². The fourth-order valence-electron chi connectivity index (χ4n) is 2.70. The predicted octanol–water partition coefficient (Wildman–Crippen LogP) is 5.64. The maximum Gasteiger partial charge on any atom is 0.0368 e. The molecular formula is C13H32N2P2. The zero-order valence-corrected chi connectivity index (χ0v) is 14.9. The molecule has 0 atom stereocenters. The molecule has 4 heteroatoms. The molecule has 0 aliphatic carbocycles. The minimum Gasteiger partial charge on any atom is -0.302 e. The molecule has 0 bridgehead atoms. The van der Waals surface area contributed by atoms with Crippen molar-refractivity contribution in [3.8, 4) is 0 Å². The van der Waals surface area contributed by atoms with Crippen molar-refractivity contribution in [3.05, 3.63) is 0 Å². The number of nitrogens with zero attached hydrogens (tertiary/aromatic N) is 1. The Morgan fingerprint density at radius 3 is 1.29 bits per heavy atom. The highest BCUT2D eigenvalue weighted by atomic mass is 31.2. The first-order valence-electron chi connectivity index (χ1n) is 6.72. The van der Waals surface area contributed by atoms with Crippen molar-refractivity contribution in [2.45, 2.75) is 78.0 Å². The van der Waals surface area contributed by atoms with E-state index in [1.165, 1.54) is 0 Å². The highest BCUT2D eigenvalue weighted by Crippen LogP contribution is 2.69. The van der Waals surface area contributed by atoms with Gasteiger partial charge in [-0.3, -0.25) is 0 Å². The SMILES string of the molecule is CC(C)P(C(C)C)N(C)P(=N)(C(C)C)C(C)C. The minimum absolute atomic E-state index is 0.198. The van der Waals surface area contributed by atoms with Crippen LogP contribution in [-0.4, -0.2) is 34.1 Å². The third kappa shape index (κ3) is 3.79. The zero-order chi connectivity index (χ0) is 14.0. The van der Waals surface area contributed by atoms with E-state index < -0.39 is 7.21 Å². The van der Waals surface area contributed by atoms with Crippen LogP contribution in [0, 0.1) is 5.16 Å². The lowest BCUT2D eigenvalue weighted by Crippen LogP contribution is -2.26. The third-order valence-corrected chi connectivity index (χ3v) is 11.8. The normalized spacial score (nSPS) is 14.1. The minimum atomic E-state index is -1.76. The number of nitrogens with one attached hydrogen (secondary N) is 1. The van der Waals surface area contributed by atoms with Gasteiger partial charge in [0.05, 0.1) is 0 Å². The number of hydrogen-bond donors (Lipinski definition) is 1. The van der Waals surface area contributed by atoms with Gasteiger partial charge >= 0.3 is 0 Å². The van der Waals surface area contributed by atoms with Crippen molar-refractivity contribution in [1.29, 1.82) is 5.16 Å². The van der Waals surface area contributed by atoms with Crippen molar-refractivity contribution >= 4 is 15.3 Å². The van der Waals surface area contributed by atoms with Crippen LogP contribution in [0.5, 0.6) is 0 Å². The molecule has 104 valence electrons.